The van der Waals surface area contributed by atoms with Crippen molar-refractivity contribution < 1.29 is 9.53 Å². The van der Waals surface area contributed by atoms with Gasteiger partial charge in [-0.3, -0.25) is 4.79 Å². The third-order valence-corrected chi connectivity index (χ3v) is 4.86. The van der Waals surface area contributed by atoms with Crippen LogP contribution in [0.4, 0.5) is 5.82 Å². The van der Waals surface area contributed by atoms with Crippen molar-refractivity contribution in [3.63, 3.8) is 0 Å². The Morgan fingerprint density at radius 2 is 2.04 bits per heavy atom. The monoisotopic (exact) mass is 365 g/mol. The molecule has 1 atom stereocenters. The fraction of sp³-hybridized carbons (Fsp3) is 0.350. The molecule has 0 N–H and O–H groups in total. The molecule has 3 aromatic rings. The zero-order chi connectivity index (χ0) is 18.8. The summed E-state index contributed by atoms with van der Waals surface area (Å²) in [6.07, 6.45) is 2.72. The van der Waals surface area contributed by atoms with E-state index in [9.17, 15) is 4.79 Å². The van der Waals surface area contributed by atoms with E-state index in [0.717, 1.165) is 23.1 Å². The van der Waals surface area contributed by atoms with Crippen LogP contribution in [0.2, 0.25) is 0 Å². The lowest BCUT2D eigenvalue weighted by Crippen LogP contribution is -2.33. The molecule has 0 spiro atoms. The van der Waals surface area contributed by atoms with Gasteiger partial charge in [-0.25, -0.2) is 0 Å². The Balaban J connectivity index is 1.35. The molecule has 1 aromatic carbocycles. The number of carbonyl (C=O) groups is 1. The molecule has 3 heterocycles. The van der Waals surface area contributed by atoms with Crippen molar-refractivity contribution in [3.8, 4) is 5.88 Å². The van der Waals surface area contributed by atoms with Crippen molar-refractivity contribution in [2.75, 3.05) is 32.1 Å². The number of hydrogen-bond acceptors (Lipinski definition) is 5. The molecule has 4 rings (SSSR count). The summed E-state index contributed by atoms with van der Waals surface area (Å²) in [7, 11) is 3.83. The normalized spacial score (nSPS) is 16.7. The zero-order valence-corrected chi connectivity index (χ0v) is 15.6. The Morgan fingerprint density at radius 1 is 1.19 bits per heavy atom. The highest BCUT2D eigenvalue weighted by Crippen LogP contribution is 2.19. The van der Waals surface area contributed by atoms with Crippen LogP contribution in [0.3, 0.4) is 0 Å². The van der Waals surface area contributed by atoms with Gasteiger partial charge in [0.15, 0.2) is 5.82 Å². The maximum absolute atomic E-state index is 12.7. The lowest BCUT2D eigenvalue weighted by molar-refractivity contribution is -0.131. The molecule has 27 heavy (non-hydrogen) atoms. The van der Waals surface area contributed by atoms with Crippen molar-refractivity contribution >= 4 is 22.6 Å². The molecule has 1 fully saturated rings. The highest BCUT2D eigenvalue weighted by Gasteiger charge is 2.28. The van der Waals surface area contributed by atoms with Crippen LogP contribution < -0.4 is 9.64 Å². The predicted octanol–water partition coefficient (Wildman–Crippen LogP) is 2.18. The van der Waals surface area contributed by atoms with Crippen LogP contribution >= 0.6 is 0 Å². The first-order valence-electron chi connectivity index (χ1n) is 9.09. The second kappa shape index (κ2) is 7.26. The van der Waals surface area contributed by atoms with E-state index in [1.54, 1.807) is 0 Å². The molecule has 2 aromatic heterocycles. The molecule has 1 amide bonds. The van der Waals surface area contributed by atoms with Crippen molar-refractivity contribution in [3.05, 3.63) is 48.7 Å². The summed E-state index contributed by atoms with van der Waals surface area (Å²) in [5.41, 5.74) is 1.08. The molecule has 1 aliphatic rings. The second-order valence-electron chi connectivity index (χ2n) is 6.99. The number of hydrogen-bond donors (Lipinski definition) is 0. The van der Waals surface area contributed by atoms with Gasteiger partial charge in [0.25, 0.3) is 0 Å². The lowest BCUT2D eigenvalue weighted by Gasteiger charge is -2.18. The van der Waals surface area contributed by atoms with Crippen LogP contribution in [0.15, 0.2) is 48.7 Å². The fourth-order valence-electron chi connectivity index (χ4n) is 3.36. The second-order valence-corrected chi connectivity index (χ2v) is 6.99. The first-order chi connectivity index (χ1) is 13.1. The summed E-state index contributed by atoms with van der Waals surface area (Å²) < 4.78 is 7.90. The van der Waals surface area contributed by atoms with E-state index in [1.807, 2.05) is 71.1 Å². The molecule has 0 saturated carbocycles. The summed E-state index contributed by atoms with van der Waals surface area (Å²) in [5.74, 6) is 1.39. The summed E-state index contributed by atoms with van der Waals surface area (Å²) in [6, 6.07) is 13.8. The quantitative estimate of drug-likeness (QED) is 0.693. The summed E-state index contributed by atoms with van der Waals surface area (Å²) in [5, 5.41) is 9.37. The third kappa shape index (κ3) is 3.72. The number of fused-ring (bicyclic) bond motifs is 1. The van der Waals surface area contributed by atoms with E-state index < -0.39 is 0 Å². The Hall–Kier alpha value is -3.09. The predicted molar refractivity (Wildman–Crippen MR) is 104 cm³/mol. The zero-order valence-electron chi connectivity index (χ0n) is 15.6. The van der Waals surface area contributed by atoms with E-state index in [0.29, 0.717) is 25.5 Å². The maximum Gasteiger partial charge on any atom is 0.242 e. The SMILES string of the molecule is CN(C)c1ccc(OC2CCN(C(=O)Cn3ccc4ccccc43)C2)nn1. The van der Waals surface area contributed by atoms with Crippen LogP contribution in [0.25, 0.3) is 10.9 Å². The number of carbonyl (C=O) groups excluding carboxylic acids is 1. The lowest BCUT2D eigenvalue weighted by atomic mass is 10.2. The van der Waals surface area contributed by atoms with Gasteiger partial charge in [-0.15, -0.1) is 10.2 Å². The Labute approximate surface area is 158 Å². The van der Waals surface area contributed by atoms with E-state index in [1.165, 1.54) is 0 Å². The smallest absolute Gasteiger partial charge is 0.242 e. The number of para-hydroxylation sites is 1. The van der Waals surface area contributed by atoms with Crippen LogP contribution in [0.1, 0.15) is 6.42 Å². The average Bonchev–Trinajstić information content (AvgIpc) is 3.30. The molecular weight excluding hydrogens is 342 g/mol. The van der Waals surface area contributed by atoms with Crippen LogP contribution in [-0.4, -0.2) is 58.9 Å². The third-order valence-electron chi connectivity index (χ3n) is 4.86. The van der Waals surface area contributed by atoms with Gasteiger partial charge in [0.1, 0.15) is 12.6 Å². The first-order valence-corrected chi connectivity index (χ1v) is 9.09. The number of aromatic nitrogens is 3. The Kier molecular flexibility index (Phi) is 4.66. The Morgan fingerprint density at radius 3 is 2.81 bits per heavy atom. The minimum Gasteiger partial charge on any atom is -0.471 e. The Bertz CT molecular complexity index is 935. The van der Waals surface area contributed by atoms with Gasteiger partial charge in [0, 0.05) is 44.8 Å². The largest absolute Gasteiger partial charge is 0.471 e. The molecule has 7 heteroatoms. The molecule has 1 saturated heterocycles. The topological polar surface area (TPSA) is 63.5 Å². The maximum atomic E-state index is 12.7. The van der Waals surface area contributed by atoms with Crippen molar-refractivity contribution in [2.45, 2.75) is 19.1 Å². The minimum absolute atomic E-state index is 0.0464. The summed E-state index contributed by atoms with van der Waals surface area (Å²) >= 11 is 0. The van der Waals surface area contributed by atoms with Crippen molar-refractivity contribution in [1.29, 1.82) is 0 Å². The molecule has 140 valence electrons. The fourth-order valence-corrected chi connectivity index (χ4v) is 3.36. The standard InChI is InChI=1S/C20H23N5O2/c1-23(2)18-7-8-19(22-21-18)27-16-10-12-25(13-16)20(26)14-24-11-9-15-5-3-4-6-17(15)24/h3-9,11,16H,10,12-14H2,1-2H3. The number of nitrogens with zero attached hydrogens (tertiary/aromatic N) is 5. The number of rotatable bonds is 5. The number of benzene rings is 1. The van der Waals surface area contributed by atoms with Gasteiger partial charge < -0.3 is 19.1 Å². The molecule has 7 nitrogen and oxygen atoms in total. The number of amides is 1. The molecule has 1 aliphatic heterocycles. The highest BCUT2D eigenvalue weighted by atomic mass is 16.5. The van der Waals surface area contributed by atoms with Crippen molar-refractivity contribution in [2.24, 2.45) is 0 Å². The number of likely N-dealkylation sites (tertiary alicyclic amines) is 1. The van der Waals surface area contributed by atoms with Gasteiger partial charge in [-0.05, 0) is 23.6 Å². The van der Waals surface area contributed by atoms with E-state index in [2.05, 4.69) is 16.3 Å². The minimum atomic E-state index is -0.0464. The molecular formula is C20H23N5O2. The van der Waals surface area contributed by atoms with Crippen molar-refractivity contribution in [1.82, 2.24) is 19.7 Å². The van der Waals surface area contributed by atoms with E-state index >= 15 is 0 Å². The first kappa shape index (κ1) is 17.3. The average molecular weight is 365 g/mol. The summed E-state index contributed by atoms with van der Waals surface area (Å²) in [6.45, 7) is 1.62. The van der Waals surface area contributed by atoms with Gasteiger partial charge >= 0.3 is 0 Å². The molecule has 0 radical (unpaired) electrons. The molecule has 0 aliphatic carbocycles. The van der Waals surface area contributed by atoms with E-state index in [4.69, 9.17) is 4.74 Å². The van der Waals surface area contributed by atoms with Gasteiger partial charge in [0.2, 0.25) is 11.8 Å². The van der Waals surface area contributed by atoms with Crippen LogP contribution in [-0.2, 0) is 11.3 Å². The highest BCUT2D eigenvalue weighted by molar-refractivity contribution is 5.83. The number of ether oxygens (including phenoxy) is 1. The molecule has 1 unspecified atom stereocenters. The summed E-state index contributed by atoms with van der Waals surface area (Å²) in [4.78, 5) is 16.4. The van der Waals surface area contributed by atoms with Gasteiger partial charge in [-0.1, -0.05) is 18.2 Å². The van der Waals surface area contributed by atoms with E-state index in [-0.39, 0.29) is 12.0 Å². The number of anilines is 1. The van der Waals surface area contributed by atoms with Crippen LogP contribution in [0.5, 0.6) is 5.88 Å². The van der Waals surface area contributed by atoms with Gasteiger partial charge in [0.05, 0.1) is 6.54 Å². The van der Waals surface area contributed by atoms with Gasteiger partial charge in [-0.2, -0.15) is 0 Å². The van der Waals surface area contributed by atoms with Crippen LogP contribution in [0, 0.1) is 0 Å². The molecule has 0 bridgehead atoms.